The maximum absolute atomic E-state index is 13.9. The lowest BCUT2D eigenvalue weighted by Gasteiger charge is -2.38. The van der Waals surface area contributed by atoms with E-state index in [9.17, 15) is 31.5 Å². The van der Waals surface area contributed by atoms with Crippen molar-refractivity contribution in [3.05, 3.63) is 93.8 Å². The molecule has 0 aliphatic heterocycles. The van der Waals surface area contributed by atoms with Gasteiger partial charge in [0.15, 0.2) is 27.3 Å². The van der Waals surface area contributed by atoms with Gasteiger partial charge in [-0.3, -0.25) is 4.79 Å². The largest absolute Gasteiger partial charge is 0.391 e. The standard InChI is InChI=1S/C30H28ClF3N2O5S/c1-17-2-4-18(5-3-17)15-41-35-16-30(38)13-20-6-7-21(14-30)28(20)42(39,40)26-10-19(8-9-23(26)31)29(37)36-22-11-24(32)27(34)25(33)12-22/h2-5,8-12,16,20-21,28,38H,6-7,13-15H2,1H3,(H,36,37)/b35-16+/t20-,21?,28+,30+/m0/s1. The molecule has 2 N–H and O–H groups in total. The van der Waals surface area contributed by atoms with Crippen LogP contribution in [0.25, 0.3) is 0 Å². The molecule has 42 heavy (non-hydrogen) atoms. The minimum absolute atomic E-state index is 0.0864. The van der Waals surface area contributed by atoms with Crippen molar-refractivity contribution in [3.8, 4) is 0 Å². The first-order valence-electron chi connectivity index (χ1n) is 13.3. The molecule has 0 heterocycles. The maximum atomic E-state index is 13.9. The highest BCUT2D eigenvalue weighted by molar-refractivity contribution is 7.92. The molecular formula is C30H28ClF3N2O5S. The molecule has 0 radical (unpaired) electrons. The molecule has 0 saturated heterocycles. The van der Waals surface area contributed by atoms with Crippen LogP contribution >= 0.6 is 11.6 Å². The summed E-state index contributed by atoms with van der Waals surface area (Å²) < 4.78 is 68.2. The topological polar surface area (TPSA) is 105 Å². The number of sulfone groups is 1. The second-order valence-electron chi connectivity index (χ2n) is 11.0. The van der Waals surface area contributed by atoms with Gasteiger partial charge in [0.2, 0.25) is 0 Å². The molecule has 2 saturated carbocycles. The second kappa shape index (κ2) is 11.7. The van der Waals surface area contributed by atoms with E-state index in [1.165, 1.54) is 18.3 Å². The van der Waals surface area contributed by atoms with Crippen molar-refractivity contribution in [2.45, 2.75) is 55.0 Å². The molecule has 0 spiro atoms. The zero-order valence-electron chi connectivity index (χ0n) is 22.5. The fourth-order valence-corrected chi connectivity index (χ4v) is 8.80. The Bertz CT molecular complexity index is 1610. The number of hydrogen-bond donors (Lipinski definition) is 2. The number of benzene rings is 3. The molecule has 0 aromatic heterocycles. The third-order valence-corrected chi connectivity index (χ3v) is 10.8. The lowest BCUT2D eigenvalue weighted by atomic mass is 9.78. The van der Waals surface area contributed by atoms with Crippen molar-refractivity contribution in [3.63, 3.8) is 0 Å². The summed E-state index contributed by atoms with van der Waals surface area (Å²) in [5.41, 5.74) is 0.236. The number of carbonyl (C=O) groups excluding carboxylic acids is 1. The van der Waals surface area contributed by atoms with Gasteiger partial charge in [0, 0.05) is 23.4 Å². The number of oxime groups is 1. The van der Waals surface area contributed by atoms with Gasteiger partial charge in [-0.1, -0.05) is 46.6 Å². The van der Waals surface area contributed by atoms with Gasteiger partial charge in [-0.15, -0.1) is 0 Å². The summed E-state index contributed by atoms with van der Waals surface area (Å²) in [4.78, 5) is 17.9. The average molecular weight is 621 g/mol. The molecule has 2 fully saturated rings. The van der Waals surface area contributed by atoms with E-state index in [-0.39, 0.29) is 52.5 Å². The first kappa shape index (κ1) is 30.1. The van der Waals surface area contributed by atoms with Gasteiger partial charge in [0.1, 0.15) is 12.2 Å². The van der Waals surface area contributed by atoms with E-state index < -0.39 is 44.0 Å². The van der Waals surface area contributed by atoms with Crippen LogP contribution in [-0.4, -0.2) is 36.5 Å². The number of carbonyl (C=O) groups is 1. The van der Waals surface area contributed by atoms with Crippen molar-refractivity contribution in [1.82, 2.24) is 0 Å². The SMILES string of the molecule is Cc1ccc(CO/N=C/[C@]2(O)CC3CC[C@@H](C2)[C@H]3S(=O)(=O)c2cc(C(=O)Nc3cc(F)c(F)c(F)c3)ccc2Cl)cc1. The summed E-state index contributed by atoms with van der Waals surface area (Å²) in [6.07, 6.45) is 2.81. The van der Waals surface area contributed by atoms with Gasteiger partial charge in [-0.25, -0.2) is 21.6 Å². The number of halogens is 4. The molecule has 2 bridgehead atoms. The Labute approximate surface area is 246 Å². The zero-order valence-corrected chi connectivity index (χ0v) is 24.1. The van der Waals surface area contributed by atoms with Crippen LogP contribution in [0.2, 0.25) is 5.02 Å². The Balaban J connectivity index is 1.30. The van der Waals surface area contributed by atoms with Gasteiger partial charge in [-0.2, -0.15) is 0 Å². The fraction of sp³-hybridized carbons (Fsp3) is 0.333. The van der Waals surface area contributed by atoms with E-state index in [1.54, 1.807) is 0 Å². The van der Waals surface area contributed by atoms with E-state index in [2.05, 4.69) is 10.5 Å². The number of nitrogens with zero attached hydrogens (tertiary/aromatic N) is 1. The van der Waals surface area contributed by atoms with Crippen molar-refractivity contribution in [2.75, 3.05) is 5.32 Å². The molecule has 222 valence electrons. The van der Waals surface area contributed by atoms with Crippen LogP contribution in [-0.2, 0) is 21.3 Å². The minimum atomic E-state index is -4.06. The van der Waals surface area contributed by atoms with Gasteiger partial charge in [0.25, 0.3) is 5.91 Å². The van der Waals surface area contributed by atoms with Crippen LogP contribution in [0.1, 0.15) is 47.2 Å². The molecule has 1 amide bonds. The number of aliphatic hydroxyl groups is 1. The minimum Gasteiger partial charge on any atom is -0.391 e. The van der Waals surface area contributed by atoms with Crippen molar-refractivity contribution in [1.29, 1.82) is 0 Å². The Hall–Kier alpha value is -3.41. The Morgan fingerprint density at radius 2 is 1.69 bits per heavy atom. The van der Waals surface area contributed by atoms with E-state index in [4.69, 9.17) is 16.4 Å². The number of hydrogen-bond acceptors (Lipinski definition) is 6. The monoisotopic (exact) mass is 620 g/mol. The predicted octanol–water partition coefficient (Wildman–Crippen LogP) is 6.21. The summed E-state index contributed by atoms with van der Waals surface area (Å²) >= 11 is 6.30. The normalized spacial score (nSPS) is 23.7. The summed E-state index contributed by atoms with van der Waals surface area (Å²) in [7, 11) is -4.06. The van der Waals surface area contributed by atoms with E-state index in [1.807, 2.05) is 31.2 Å². The van der Waals surface area contributed by atoms with Gasteiger partial charge >= 0.3 is 0 Å². The fourth-order valence-electron chi connectivity index (χ4n) is 5.95. The van der Waals surface area contributed by atoms with Crippen LogP contribution < -0.4 is 5.32 Å². The summed E-state index contributed by atoms with van der Waals surface area (Å²) in [5.74, 6) is -6.29. The number of fused-ring (bicyclic) bond motifs is 2. The summed E-state index contributed by atoms with van der Waals surface area (Å²) in [6, 6.07) is 12.6. The third kappa shape index (κ3) is 6.18. The molecule has 12 heteroatoms. The smallest absolute Gasteiger partial charge is 0.255 e. The van der Waals surface area contributed by atoms with Gasteiger partial charge in [0.05, 0.1) is 21.4 Å². The molecule has 2 aliphatic carbocycles. The predicted molar refractivity (Wildman–Crippen MR) is 152 cm³/mol. The van der Waals surface area contributed by atoms with Crippen LogP contribution in [0, 0.1) is 36.2 Å². The highest BCUT2D eigenvalue weighted by atomic mass is 35.5. The Morgan fingerprint density at radius 3 is 2.31 bits per heavy atom. The summed E-state index contributed by atoms with van der Waals surface area (Å²) in [5, 5.41) is 16.5. The second-order valence-corrected chi connectivity index (χ2v) is 13.4. The lowest BCUT2D eigenvalue weighted by Crippen LogP contribution is -2.47. The molecule has 2 aliphatic rings. The molecule has 5 rings (SSSR count). The van der Waals surface area contributed by atoms with Gasteiger partial charge < -0.3 is 15.3 Å². The van der Waals surface area contributed by atoms with Crippen LogP contribution in [0.3, 0.4) is 0 Å². The molecule has 3 aromatic rings. The third-order valence-electron chi connectivity index (χ3n) is 7.89. The molecular weight excluding hydrogens is 593 g/mol. The van der Waals surface area contributed by atoms with Crippen LogP contribution in [0.5, 0.6) is 0 Å². The summed E-state index contributed by atoms with van der Waals surface area (Å²) in [6.45, 7) is 2.21. The number of anilines is 1. The zero-order chi connectivity index (χ0) is 30.2. The van der Waals surface area contributed by atoms with Crippen molar-refractivity contribution < 1.29 is 36.3 Å². The highest BCUT2D eigenvalue weighted by Gasteiger charge is 2.54. The van der Waals surface area contributed by atoms with E-state index in [0.29, 0.717) is 25.0 Å². The lowest BCUT2D eigenvalue weighted by molar-refractivity contribution is 0.0411. The first-order valence-corrected chi connectivity index (χ1v) is 15.2. The molecule has 4 atom stereocenters. The van der Waals surface area contributed by atoms with Crippen LogP contribution in [0.15, 0.2) is 64.6 Å². The van der Waals surface area contributed by atoms with Crippen molar-refractivity contribution >= 4 is 39.2 Å². The van der Waals surface area contributed by atoms with Gasteiger partial charge in [-0.05, 0) is 68.2 Å². The quantitative estimate of drug-likeness (QED) is 0.177. The maximum Gasteiger partial charge on any atom is 0.255 e. The average Bonchev–Trinajstić information content (AvgIpc) is 3.24. The number of nitrogens with one attached hydrogen (secondary N) is 1. The molecule has 1 unspecified atom stereocenters. The van der Waals surface area contributed by atoms with Crippen molar-refractivity contribution in [2.24, 2.45) is 17.0 Å². The molecule has 7 nitrogen and oxygen atoms in total. The number of rotatable bonds is 8. The number of amides is 1. The Kier molecular flexibility index (Phi) is 8.37. The Morgan fingerprint density at radius 1 is 1.07 bits per heavy atom. The van der Waals surface area contributed by atoms with Crippen LogP contribution in [0.4, 0.5) is 18.9 Å². The highest BCUT2D eigenvalue weighted by Crippen LogP contribution is 2.51. The molecule has 3 aromatic carbocycles. The van der Waals surface area contributed by atoms with E-state index >= 15 is 0 Å². The number of aryl methyl sites for hydroxylation is 1. The van der Waals surface area contributed by atoms with E-state index in [0.717, 1.165) is 17.2 Å². The first-order chi connectivity index (χ1) is 19.9.